The highest BCUT2D eigenvalue weighted by molar-refractivity contribution is 5.95. The lowest BCUT2D eigenvalue weighted by Gasteiger charge is -2.04. The van der Waals surface area contributed by atoms with E-state index in [4.69, 9.17) is 14.3 Å². The van der Waals surface area contributed by atoms with E-state index in [1.807, 2.05) is 0 Å². The van der Waals surface area contributed by atoms with Gasteiger partial charge in [0.25, 0.3) is 0 Å². The molecule has 0 saturated carbocycles. The van der Waals surface area contributed by atoms with Crippen molar-refractivity contribution in [1.82, 2.24) is 0 Å². The molecule has 100 valence electrons. The highest BCUT2D eigenvalue weighted by Gasteiger charge is 2.11. The number of hydrogen-bond acceptors (Lipinski definition) is 4. The number of carboxylic acids is 1. The number of carbonyl (C=O) groups is 2. The third kappa shape index (κ3) is 3.11. The molecule has 1 aromatic heterocycles. The van der Waals surface area contributed by atoms with E-state index in [1.165, 1.54) is 13.2 Å². The minimum atomic E-state index is -1.12. The van der Waals surface area contributed by atoms with Gasteiger partial charge < -0.3 is 19.6 Å². The lowest BCUT2D eigenvalue weighted by molar-refractivity contribution is -0.117. The number of anilines is 1. The summed E-state index contributed by atoms with van der Waals surface area (Å²) in [6.45, 7) is 0.350. The Morgan fingerprint density at radius 2 is 2.16 bits per heavy atom. The predicted octanol–water partition coefficient (Wildman–Crippen LogP) is 2.11. The molecule has 0 aliphatic carbocycles. The smallest absolute Gasteiger partial charge is 0.371 e. The van der Waals surface area contributed by atoms with Gasteiger partial charge >= 0.3 is 5.97 Å². The van der Waals surface area contributed by atoms with Crippen LogP contribution < -0.4 is 5.32 Å². The monoisotopic (exact) mass is 263 g/mol. The number of rotatable bonds is 5. The molecular formula is C13H13NO5. The zero-order chi connectivity index (χ0) is 13.8. The second kappa shape index (κ2) is 5.53. The van der Waals surface area contributed by atoms with Crippen LogP contribution in [0.25, 0.3) is 11.0 Å². The summed E-state index contributed by atoms with van der Waals surface area (Å²) in [7, 11) is 1.53. The zero-order valence-electron chi connectivity index (χ0n) is 10.3. The first-order chi connectivity index (χ1) is 9.10. The molecule has 0 saturated heterocycles. The van der Waals surface area contributed by atoms with Gasteiger partial charge in [0.1, 0.15) is 5.58 Å². The molecule has 0 atom stereocenters. The van der Waals surface area contributed by atoms with Gasteiger partial charge in [-0.3, -0.25) is 4.79 Å². The fourth-order valence-electron chi connectivity index (χ4n) is 1.64. The number of carbonyl (C=O) groups excluding carboxylic acids is 1. The highest BCUT2D eigenvalue weighted by Crippen LogP contribution is 2.23. The summed E-state index contributed by atoms with van der Waals surface area (Å²) in [6.07, 6.45) is 0.264. The topological polar surface area (TPSA) is 88.8 Å². The molecular weight excluding hydrogens is 250 g/mol. The van der Waals surface area contributed by atoms with Crippen molar-refractivity contribution >= 4 is 28.5 Å². The van der Waals surface area contributed by atoms with E-state index >= 15 is 0 Å². The van der Waals surface area contributed by atoms with Crippen LogP contribution in [0, 0.1) is 0 Å². The maximum Gasteiger partial charge on any atom is 0.371 e. The molecule has 6 nitrogen and oxygen atoms in total. The van der Waals surface area contributed by atoms with Gasteiger partial charge in [-0.1, -0.05) is 0 Å². The van der Waals surface area contributed by atoms with Crippen molar-refractivity contribution in [3.8, 4) is 0 Å². The quantitative estimate of drug-likeness (QED) is 0.862. The first-order valence-electron chi connectivity index (χ1n) is 5.66. The van der Waals surface area contributed by atoms with E-state index in [0.29, 0.717) is 23.3 Å². The minimum Gasteiger partial charge on any atom is -0.475 e. The lowest BCUT2D eigenvalue weighted by Crippen LogP contribution is -2.13. The van der Waals surface area contributed by atoms with Crippen molar-refractivity contribution in [2.75, 3.05) is 19.0 Å². The summed E-state index contributed by atoms with van der Waals surface area (Å²) in [4.78, 5) is 22.3. The van der Waals surface area contributed by atoms with Gasteiger partial charge in [-0.2, -0.15) is 0 Å². The molecule has 0 bridgehead atoms. The third-order valence-corrected chi connectivity index (χ3v) is 2.54. The third-order valence-electron chi connectivity index (χ3n) is 2.54. The molecule has 1 aromatic carbocycles. The molecule has 2 rings (SSSR count). The van der Waals surface area contributed by atoms with E-state index in [1.54, 1.807) is 18.2 Å². The number of fused-ring (bicyclic) bond motifs is 1. The van der Waals surface area contributed by atoms with E-state index < -0.39 is 5.97 Å². The standard InChI is InChI=1S/C13H13NO5/c1-18-5-4-12(15)14-9-2-3-10-8(6-9)7-11(19-10)13(16)17/h2-3,6-7H,4-5H2,1H3,(H,14,15)(H,16,17). The van der Waals surface area contributed by atoms with Crippen LogP contribution in [0.15, 0.2) is 28.7 Å². The summed E-state index contributed by atoms with van der Waals surface area (Å²) < 4.78 is 9.93. The summed E-state index contributed by atoms with van der Waals surface area (Å²) >= 11 is 0. The average Bonchev–Trinajstić information content (AvgIpc) is 2.79. The van der Waals surface area contributed by atoms with E-state index in [9.17, 15) is 9.59 Å². The van der Waals surface area contributed by atoms with Crippen LogP contribution in [0.5, 0.6) is 0 Å². The fourth-order valence-corrected chi connectivity index (χ4v) is 1.64. The van der Waals surface area contributed by atoms with Crippen molar-refractivity contribution in [1.29, 1.82) is 0 Å². The molecule has 0 spiro atoms. The van der Waals surface area contributed by atoms with Gasteiger partial charge in [-0.05, 0) is 24.3 Å². The first kappa shape index (κ1) is 13.1. The number of furan rings is 1. The second-order valence-electron chi connectivity index (χ2n) is 3.96. The predicted molar refractivity (Wildman–Crippen MR) is 68.3 cm³/mol. The van der Waals surface area contributed by atoms with Crippen LogP contribution in [-0.4, -0.2) is 30.7 Å². The molecule has 0 unspecified atom stereocenters. The number of carboxylic acid groups (broad SMARTS) is 1. The number of ether oxygens (including phenoxy) is 1. The Labute approximate surface area is 109 Å². The summed E-state index contributed by atoms with van der Waals surface area (Å²) in [5, 5.41) is 12.1. The van der Waals surface area contributed by atoms with Gasteiger partial charge in [0.05, 0.1) is 13.0 Å². The summed E-state index contributed by atoms with van der Waals surface area (Å²) in [6, 6.07) is 6.36. The van der Waals surface area contributed by atoms with Crippen LogP contribution in [0.3, 0.4) is 0 Å². The highest BCUT2D eigenvalue weighted by atomic mass is 16.5. The molecule has 0 aliphatic heterocycles. The number of amides is 1. The Hall–Kier alpha value is -2.34. The van der Waals surface area contributed by atoms with Crippen LogP contribution in [-0.2, 0) is 9.53 Å². The minimum absolute atomic E-state index is 0.127. The lowest BCUT2D eigenvalue weighted by atomic mass is 10.2. The number of benzene rings is 1. The molecule has 19 heavy (non-hydrogen) atoms. The number of aromatic carboxylic acids is 1. The molecule has 1 heterocycles. The Bertz CT molecular complexity index is 617. The SMILES string of the molecule is COCCC(=O)Nc1ccc2oc(C(=O)O)cc2c1. The maximum atomic E-state index is 11.5. The number of nitrogens with one attached hydrogen (secondary N) is 1. The zero-order valence-corrected chi connectivity index (χ0v) is 10.3. The van der Waals surface area contributed by atoms with Crippen molar-refractivity contribution in [3.05, 3.63) is 30.0 Å². The summed E-state index contributed by atoms with van der Waals surface area (Å²) in [5.41, 5.74) is 1.05. The molecule has 1 amide bonds. The van der Waals surface area contributed by atoms with Crippen LogP contribution in [0.4, 0.5) is 5.69 Å². The molecule has 0 radical (unpaired) electrons. The average molecular weight is 263 g/mol. The van der Waals surface area contributed by atoms with Crippen molar-refractivity contribution < 1.29 is 23.8 Å². The normalized spacial score (nSPS) is 10.6. The van der Waals surface area contributed by atoms with Gasteiger partial charge in [0.2, 0.25) is 11.7 Å². The van der Waals surface area contributed by atoms with Crippen LogP contribution >= 0.6 is 0 Å². The van der Waals surface area contributed by atoms with Crippen molar-refractivity contribution in [2.24, 2.45) is 0 Å². The molecule has 6 heteroatoms. The maximum absolute atomic E-state index is 11.5. The molecule has 2 aromatic rings. The van der Waals surface area contributed by atoms with Gasteiger partial charge in [-0.25, -0.2) is 4.79 Å². The first-order valence-corrected chi connectivity index (χ1v) is 5.66. The largest absolute Gasteiger partial charge is 0.475 e. The summed E-state index contributed by atoms with van der Waals surface area (Å²) in [5.74, 6) is -1.41. The van der Waals surface area contributed by atoms with E-state index in [2.05, 4.69) is 5.32 Å². The second-order valence-corrected chi connectivity index (χ2v) is 3.96. The van der Waals surface area contributed by atoms with E-state index in [-0.39, 0.29) is 18.1 Å². The van der Waals surface area contributed by atoms with Crippen molar-refractivity contribution in [3.63, 3.8) is 0 Å². The molecule has 0 aliphatic rings. The Kier molecular flexibility index (Phi) is 3.82. The van der Waals surface area contributed by atoms with Gasteiger partial charge in [0, 0.05) is 18.2 Å². The Morgan fingerprint density at radius 3 is 2.84 bits per heavy atom. The number of hydrogen-bond donors (Lipinski definition) is 2. The molecule has 2 N–H and O–H groups in total. The Balaban J connectivity index is 2.17. The number of methoxy groups -OCH3 is 1. The Morgan fingerprint density at radius 1 is 1.37 bits per heavy atom. The van der Waals surface area contributed by atoms with Gasteiger partial charge in [0.15, 0.2) is 0 Å². The van der Waals surface area contributed by atoms with Crippen LogP contribution in [0.1, 0.15) is 17.0 Å². The van der Waals surface area contributed by atoms with E-state index in [0.717, 1.165) is 0 Å². The van der Waals surface area contributed by atoms with Gasteiger partial charge in [-0.15, -0.1) is 0 Å². The fraction of sp³-hybridized carbons (Fsp3) is 0.231. The van der Waals surface area contributed by atoms with Crippen molar-refractivity contribution in [2.45, 2.75) is 6.42 Å². The molecule has 0 fully saturated rings. The van der Waals surface area contributed by atoms with Crippen LogP contribution in [0.2, 0.25) is 0 Å².